The number of hydrogen-bond acceptors (Lipinski definition) is 7. The van der Waals surface area contributed by atoms with Crippen molar-refractivity contribution in [2.45, 2.75) is 25.8 Å². The third kappa shape index (κ3) is 4.86. The summed E-state index contributed by atoms with van der Waals surface area (Å²) in [6.07, 6.45) is 5.08. The van der Waals surface area contributed by atoms with E-state index < -0.39 is 30.3 Å². The number of carbonyl (C=O) groups excluding carboxylic acids is 4. The Bertz CT molecular complexity index is 1290. The number of furan rings is 1. The number of esters is 1. The van der Waals surface area contributed by atoms with Crippen molar-refractivity contribution in [2.75, 3.05) is 29.9 Å². The number of anilines is 2. The predicted octanol–water partition coefficient (Wildman–Crippen LogP) is 3.86. The van der Waals surface area contributed by atoms with Crippen LogP contribution in [0, 0.1) is 0 Å². The molecule has 0 unspecified atom stereocenters. The van der Waals surface area contributed by atoms with Crippen LogP contribution in [0.25, 0.3) is 0 Å². The summed E-state index contributed by atoms with van der Waals surface area (Å²) in [5.41, 5.74) is 2.11. The molecule has 0 bridgehead atoms. The number of carbonyl (C=O) groups is 4. The Labute approximate surface area is 207 Å². The Morgan fingerprint density at radius 2 is 1.67 bits per heavy atom. The molecule has 3 aromatic rings. The maximum atomic E-state index is 12.7. The topological polar surface area (TPSA) is 109 Å². The maximum Gasteiger partial charge on any atom is 0.338 e. The lowest BCUT2D eigenvalue weighted by Gasteiger charge is -2.28. The monoisotopic (exact) mass is 487 g/mol. The fourth-order valence-electron chi connectivity index (χ4n) is 4.44. The zero-order chi connectivity index (χ0) is 25.1. The molecule has 9 nitrogen and oxygen atoms in total. The molecule has 0 spiro atoms. The standard InChI is InChI=1S/C27H25N3O6/c31-24(28-19-7-9-20(10-8-19)29-12-2-1-3-13-29)17-36-27(34)18-6-11-22-23(15-18)26(33)30(25(22)32)16-21-5-4-14-35-21/h4-11,14-15H,1-3,12-13,16-17H2,(H,28,31). The Hall–Kier alpha value is -4.40. The molecule has 2 aliphatic rings. The highest BCUT2D eigenvalue weighted by Crippen LogP contribution is 2.26. The molecule has 2 aromatic carbocycles. The highest BCUT2D eigenvalue weighted by molar-refractivity contribution is 6.21. The molecule has 3 amide bonds. The van der Waals surface area contributed by atoms with E-state index in [1.807, 2.05) is 24.3 Å². The van der Waals surface area contributed by atoms with Gasteiger partial charge in [-0.1, -0.05) is 0 Å². The average Bonchev–Trinajstić information content (AvgIpc) is 3.51. The van der Waals surface area contributed by atoms with Gasteiger partial charge in [-0.15, -0.1) is 0 Å². The number of benzene rings is 2. The van der Waals surface area contributed by atoms with Crippen molar-refractivity contribution in [3.63, 3.8) is 0 Å². The van der Waals surface area contributed by atoms with Crippen LogP contribution in [0.15, 0.2) is 65.3 Å². The Kier molecular flexibility index (Phi) is 6.53. The van der Waals surface area contributed by atoms with Crippen molar-refractivity contribution in [2.24, 2.45) is 0 Å². The largest absolute Gasteiger partial charge is 0.467 e. The van der Waals surface area contributed by atoms with Crippen LogP contribution >= 0.6 is 0 Å². The van der Waals surface area contributed by atoms with E-state index in [1.165, 1.54) is 43.7 Å². The minimum Gasteiger partial charge on any atom is -0.467 e. The SMILES string of the molecule is O=C(COC(=O)c1ccc2c(c1)C(=O)N(Cc1ccco1)C2=O)Nc1ccc(N2CCCCC2)cc1. The number of nitrogens with zero attached hydrogens (tertiary/aromatic N) is 2. The van der Waals surface area contributed by atoms with E-state index in [2.05, 4.69) is 10.2 Å². The van der Waals surface area contributed by atoms with Crippen LogP contribution in [0.2, 0.25) is 0 Å². The van der Waals surface area contributed by atoms with Gasteiger partial charge >= 0.3 is 5.97 Å². The smallest absolute Gasteiger partial charge is 0.338 e. The summed E-state index contributed by atoms with van der Waals surface area (Å²) >= 11 is 0. The average molecular weight is 488 g/mol. The van der Waals surface area contributed by atoms with Crippen molar-refractivity contribution < 1.29 is 28.3 Å². The van der Waals surface area contributed by atoms with Crippen LogP contribution in [0.4, 0.5) is 11.4 Å². The molecule has 2 aliphatic heterocycles. The molecule has 9 heteroatoms. The number of rotatable bonds is 7. The van der Waals surface area contributed by atoms with Crippen molar-refractivity contribution >= 4 is 35.1 Å². The van der Waals surface area contributed by atoms with Gasteiger partial charge in [0, 0.05) is 24.5 Å². The third-order valence-electron chi connectivity index (χ3n) is 6.31. The second kappa shape index (κ2) is 10.1. The molecule has 1 aromatic heterocycles. The number of piperidine rings is 1. The molecule has 1 fully saturated rings. The van der Waals surface area contributed by atoms with Crippen molar-refractivity contribution in [1.82, 2.24) is 4.90 Å². The van der Waals surface area contributed by atoms with E-state index >= 15 is 0 Å². The highest BCUT2D eigenvalue weighted by Gasteiger charge is 2.36. The molecule has 3 heterocycles. The normalized spacial score (nSPS) is 15.1. The molecule has 0 atom stereocenters. The summed E-state index contributed by atoms with van der Waals surface area (Å²) in [6, 6.07) is 15.0. The van der Waals surface area contributed by atoms with Gasteiger partial charge in [0.25, 0.3) is 17.7 Å². The first-order valence-corrected chi connectivity index (χ1v) is 11.8. The molecule has 36 heavy (non-hydrogen) atoms. The number of hydrogen-bond donors (Lipinski definition) is 1. The van der Waals surface area contributed by atoms with Crippen LogP contribution in [-0.2, 0) is 16.1 Å². The van der Waals surface area contributed by atoms with Crippen molar-refractivity contribution in [1.29, 1.82) is 0 Å². The Balaban J connectivity index is 1.16. The first-order valence-electron chi connectivity index (χ1n) is 11.8. The van der Waals surface area contributed by atoms with E-state index in [9.17, 15) is 19.2 Å². The van der Waals surface area contributed by atoms with Gasteiger partial charge in [0.15, 0.2) is 6.61 Å². The number of ether oxygens (including phenoxy) is 1. The zero-order valence-electron chi connectivity index (χ0n) is 19.6. The first-order chi connectivity index (χ1) is 17.5. The van der Waals surface area contributed by atoms with Gasteiger partial charge in [0.2, 0.25) is 0 Å². The van der Waals surface area contributed by atoms with Gasteiger partial charge in [0.05, 0.1) is 29.5 Å². The third-order valence-corrected chi connectivity index (χ3v) is 6.31. The second-order valence-corrected chi connectivity index (χ2v) is 8.76. The van der Waals surface area contributed by atoms with Gasteiger partial charge < -0.3 is 19.4 Å². The van der Waals surface area contributed by atoms with Gasteiger partial charge in [-0.25, -0.2) is 4.79 Å². The summed E-state index contributed by atoms with van der Waals surface area (Å²) < 4.78 is 10.4. The molecule has 184 valence electrons. The van der Waals surface area contributed by atoms with Crippen LogP contribution in [0.3, 0.4) is 0 Å². The van der Waals surface area contributed by atoms with Crippen LogP contribution in [-0.4, -0.2) is 48.3 Å². The van der Waals surface area contributed by atoms with Gasteiger partial charge in [0.1, 0.15) is 5.76 Å². The lowest BCUT2D eigenvalue weighted by atomic mass is 10.1. The highest BCUT2D eigenvalue weighted by atomic mass is 16.5. The minimum absolute atomic E-state index is 0.00168. The fraction of sp³-hybridized carbons (Fsp3) is 0.259. The summed E-state index contributed by atoms with van der Waals surface area (Å²) in [7, 11) is 0. The summed E-state index contributed by atoms with van der Waals surface area (Å²) in [5, 5.41) is 2.71. The summed E-state index contributed by atoms with van der Waals surface area (Å²) in [6.45, 7) is 1.58. The first kappa shape index (κ1) is 23.3. The number of imide groups is 1. The van der Waals surface area contributed by atoms with Crippen molar-refractivity contribution in [3.8, 4) is 0 Å². The predicted molar refractivity (Wildman–Crippen MR) is 131 cm³/mol. The second-order valence-electron chi connectivity index (χ2n) is 8.76. The van der Waals surface area contributed by atoms with Crippen LogP contribution in [0.5, 0.6) is 0 Å². The molecule has 5 rings (SSSR count). The number of amides is 3. The number of fused-ring (bicyclic) bond motifs is 1. The molecular weight excluding hydrogens is 462 g/mol. The van der Waals surface area contributed by atoms with E-state index in [0.29, 0.717) is 11.4 Å². The lowest BCUT2D eigenvalue weighted by Crippen LogP contribution is -2.29. The van der Waals surface area contributed by atoms with E-state index in [0.717, 1.165) is 23.7 Å². The minimum atomic E-state index is -0.766. The summed E-state index contributed by atoms with van der Waals surface area (Å²) in [5.74, 6) is -1.76. The van der Waals surface area contributed by atoms with Gasteiger partial charge in [-0.2, -0.15) is 0 Å². The lowest BCUT2D eigenvalue weighted by molar-refractivity contribution is -0.119. The maximum absolute atomic E-state index is 12.7. The fourth-order valence-corrected chi connectivity index (χ4v) is 4.44. The molecule has 1 N–H and O–H groups in total. The van der Waals surface area contributed by atoms with E-state index in [4.69, 9.17) is 9.15 Å². The van der Waals surface area contributed by atoms with Crippen LogP contribution < -0.4 is 10.2 Å². The quantitative estimate of drug-likeness (QED) is 0.398. The molecule has 0 saturated carbocycles. The van der Waals surface area contributed by atoms with E-state index in [-0.39, 0.29) is 23.2 Å². The molecular formula is C27H25N3O6. The van der Waals surface area contributed by atoms with Gasteiger partial charge in [-0.05, 0) is 73.9 Å². The Morgan fingerprint density at radius 3 is 2.39 bits per heavy atom. The van der Waals surface area contributed by atoms with E-state index in [1.54, 1.807) is 12.1 Å². The molecule has 0 radical (unpaired) electrons. The van der Waals surface area contributed by atoms with Gasteiger partial charge in [-0.3, -0.25) is 19.3 Å². The molecule has 1 saturated heterocycles. The molecule has 0 aliphatic carbocycles. The van der Waals surface area contributed by atoms with Crippen molar-refractivity contribution in [3.05, 3.63) is 83.3 Å². The Morgan fingerprint density at radius 1 is 0.917 bits per heavy atom. The zero-order valence-corrected chi connectivity index (χ0v) is 19.6. The summed E-state index contributed by atoms with van der Waals surface area (Å²) in [4.78, 5) is 53.5. The number of nitrogens with one attached hydrogen (secondary N) is 1. The van der Waals surface area contributed by atoms with Crippen LogP contribution in [0.1, 0.15) is 56.1 Å².